The zero-order valence-electron chi connectivity index (χ0n) is 13.6. The van der Waals surface area contributed by atoms with E-state index in [-0.39, 0.29) is 11.4 Å². The van der Waals surface area contributed by atoms with Gasteiger partial charge in [-0.05, 0) is 37.9 Å². The van der Waals surface area contributed by atoms with Crippen molar-refractivity contribution >= 4 is 5.69 Å². The largest absolute Gasteiger partial charge is 0.500 e. The third-order valence-corrected chi connectivity index (χ3v) is 5.14. The Labute approximate surface area is 135 Å². The van der Waals surface area contributed by atoms with Gasteiger partial charge in [0.2, 0.25) is 5.75 Å². The molecule has 2 aliphatic heterocycles. The molecule has 0 amide bonds. The molecule has 3 rings (SSSR count). The topological polar surface area (TPSA) is 79.1 Å². The summed E-state index contributed by atoms with van der Waals surface area (Å²) in [6.45, 7) is 6.04. The fourth-order valence-electron chi connectivity index (χ4n) is 3.87. The number of piperazine rings is 1. The van der Waals surface area contributed by atoms with Crippen LogP contribution >= 0.6 is 0 Å². The summed E-state index contributed by atoms with van der Waals surface area (Å²) in [5.41, 5.74) is 0.496. The Balaban J connectivity index is 1.82. The highest BCUT2D eigenvalue weighted by Crippen LogP contribution is 2.37. The van der Waals surface area contributed by atoms with Crippen LogP contribution in [0.15, 0.2) is 12.1 Å². The second-order valence-electron chi connectivity index (χ2n) is 6.38. The van der Waals surface area contributed by atoms with Gasteiger partial charge in [0.25, 0.3) is 0 Å². The van der Waals surface area contributed by atoms with Gasteiger partial charge in [0.1, 0.15) is 0 Å². The number of aromatic hydroxyl groups is 1. The minimum absolute atomic E-state index is 0.154. The van der Waals surface area contributed by atoms with Crippen LogP contribution < -0.4 is 4.74 Å². The Morgan fingerprint density at radius 1 is 1.39 bits per heavy atom. The number of nitro benzene ring substituents is 1. The number of rotatable bonds is 4. The molecular formula is C16H23N3O4. The van der Waals surface area contributed by atoms with Crippen LogP contribution in [0.2, 0.25) is 0 Å². The molecule has 1 aromatic rings. The summed E-state index contributed by atoms with van der Waals surface area (Å²) in [5.74, 6) is -0.253. The maximum absolute atomic E-state index is 11.1. The molecular weight excluding hydrogens is 298 g/mol. The predicted octanol–water partition coefficient (Wildman–Crippen LogP) is 1.98. The molecule has 2 heterocycles. The van der Waals surface area contributed by atoms with Crippen molar-refractivity contribution in [2.24, 2.45) is 0 Å². The van der Waals surface area contributed by atoms with E-state index in [9.17, 15) is 15.2 Å². The van der Waals surface area contributed by atoms with E-state index in [4.69, 9.17) is 4.74 Å². The predicted molar refractivity (Wildman–Crippen MR) is 85.8 cm³/mol. The van der Waals surface area contributed by atoms with Gasteiger partial charge in [0.15, 0.2) is 5.75 Å². The van der Waals surface area contributed by atoms with E-state index in [2.05, 4.69) is 16.7 Å². The van der Waals surface area contributed by atoms with Crippen LogP contribution in [0.5, 0.6) is 11.5 Å². The van der Waals surface area contributed by atoms with Gasteiger partial charge in [-0.3, -0.25) is 19.9 Å². The molecule has 23 heavy (non-hydrogen) atoms. The van der Waals surface area contributed by atoms with Crippen molar-refractivity contribution in [3.63, 3.8) is 0 Å². The highest BCUT2D eigenvalue weighted by atomic mass is 16.6. The number of nitro groups is 1. The van der Waals surface area contributed by atoms with Crippen LogP contribution in [0.4, 0.5) is 5.69 Å². The van der Waals surface area contributed by atoms with E-state index in [1.54, 1.807) is 6.07 Å². The monoisotopic (exact) mass is 321 g/mol. The first-order valence-corrected chi connectivity index (χ1v) is 8.03. The first-order valence-electron chi connectivity index (χ1n) is 8.03. The Morgan fingerprint density at radius 2 is 2.17 bits per heavy atom. The number of nitrogens with zero attached hydrogens (tertiary/aromatic N) is 3. The van der Waals surface area contributed by atoms with Crippen LogP contribution in [-0.2, 0) is 6.54 Å². The molecule has 0 radical (unpaired) electrons. The van der Waals surface area contributed by atoms with E-state index < -0.39 is 10.7 Å². The quantitative estimate of drug-likeness (QED) is 0.675. The van der Waals surface area contributed by atoms with Crippen LogP contribution in [0.1, 0.15) is 25.3 Å². The number of phenols is 1. The van der Waals surface area contributed by atoms with Crippen LogP contribution in [-0.4, -0.2) is 58.7 Å². The minimum Gasteiger partial charge on any atom is -0.500 e. The third-order valence-electron chi connectivity index (χ3n) is 5.14. The molecule has 0 spiro atoms. The summed E-state index contributed by atoms with van der Waals surface area (Å²) >= 11 is 0. The smallest absolute Gasteiger partial charge is 0.314 e. The lowest BCUT2D eigenvalue weighted by Crippen LogP contribution is -2.55. The Hall–Kier alpha value is -1.86. The lowest BCUT2D eigenvalue weighted by molar-refractivity contribution is -0.386. The van der Waals surface area contributed by atoms with E-state index >= 15 is 0 Å². The second-order valence-corrected chi connectivity index (χ2v) is 6.38. The molecule has 1 N–H and O–H groups in total. The SMILES string of the molecule is COc1cc(CN2CCN3CCC[C@@H]3[C@H]2C)cc([N+](=O)[O-])c1O. The normalized spacial score (nSPS) is 25.3. The zero-order valence-corrected chi connectivity index (χ0v) is 13.6. The van der Waals surface area contributed by atoms with Crippen molar-refractivity contribution in [2.75, 3.05) is 26.7 Å². The van der Waals surface area contributed by atoms with E-state index in [0.29, 0.717) is 18.6 Å². The van der Waals surface area contributed by atoms with Gasteiger partial charge < -0.3 is 9.84 Å². The Kier molecular flexibility index (Phi) is 4.41. The standard InChI is InChI=1S/C16H23N3O4/c1-11-13-4-3-5-17(13)6-7-18(11)10-12-8-14(19(21)22)16(20)15(9-12)23-2/h8-9,11,13,20H,3-7,10H2,1-2H3/t11-,13-/m1/s1. The second kappa shape index (κ2) is 6.33. The van der Waals surface area contributed by atoms with Crippen molar-refractivity contribution in [1.82, 2.24) is 9.80 Å². The molecule has 2 fully saturated rings. The van der Waals surface area contributed by atoms with Gasteiger partial charge in [0.05, 0.1) is 12.0 Å². The highest BCUT2D eigenvalue weighted by Gasteiger charge is 2.36. The number of hydrogen-bond donors (Lipinski definition) is 1. The molecule has 1 aromatic carbocycles. The van der Waals surface area contributed by atoms with E-state index in [0.717, 1.165) is 18.7 Å². The van der Waals surface area contributed by atoms with Crippen LogP contribution in [0.25, 0.3) is 0 Å². The van der Waals surface area contributed by atoms with Crippen molar-refractivity contribution < 1.29 is 14.8 Å². The van der Waals surface area contributed by atoms with Crippen molar-refractivity contribution in [3.8, 4) is 11.5 Å². The van der Waals surface area contributed by atoms with Crippen molar-refractivity contribution in [3.05, 3.63) is 27.8 Å². The third kappa shape index (κ3) is 2.98. The Bertz CT molecular complexity index is 607. The molecule has 0 saturated carbocycles. The number of phenolic OH excluding ortho intramolecular Hbond substituents is 1. The van der Waals surface area contributed by atoms with Crippen molar-refractivity contribution in [1.29, 1.82) is 0 Å². The van der Waals surface area contributed by atoms with Crippen LogP contribution in [0.3, 0.4) is 0 Å². The van der Waals surface area contributed by atoms with Gasteiger partial charge in [-0.25, -0.2) is 0 Å². The number of hydrogen-bond acceptors (Lipinski definition) is 6. The van der Waals surface area contributed by atoms with E-state index in [1.165, 1.54) is 32.6 Å². The van der Waals surface area contributed by atoms with Gasteiger partial charge in [-0.15, -0.1) is 0 Å². The lowest BCUT2D eigenvalue weighted by atomic mass is 10.0. The molecule has 2 aliphatic rings. The average molecular weight is 321 g/mol. The maximum atomic E-state index is 11.1. The summed E-state index contributed by atoms with van der Waals surface area (Å²) in [5, 5.41) is 21.0. The van der Waals surface area contributed by atoms with E-state index in [1.807, 2.05) is 0 Å². The number of ether oxygens (including phenoxy) is 1. The summed E-state index contributed by atoms with van der Waals surface area (Å²) in [6.07, 6.45) is 2.47. The Morgan fingerprint density at radius 3 is 2.87 bits per heavy atom. The maximum Gasteiger partial charge on any atom is 0.314 e. The fraction of sp³-hybridized carbons (Fsp3) is 0.625. The minimum atomic E-state index is -0.570. The molecule has 7 heteroatoms. The molecule has 0 aromatic heterocycles. The van der Waals surface area contributed by atoms with Crippen LogP contribution in [0, 0.1) is 10.1 Å². The molecule has 126 valence electrons. The van der Waals surface area contributed by atoms with Gasteiger partial charge in [-0.1, -0.05) is 0 Å². The highest BCUT2D eigenvalue weighted by molar-refractivity contribution is 5.57. The van der Waals surface area contributed by atoms with Gasteiger partial charge in [0, 0.05) is 37.8 Å². The first kappa shape index (κ1) is 16.0. The molecule has 0 bridgehead atoms. The fourth-order valence-corrected chi connectivity index (χ4v) is 3.87. The zero-order chi connectivity index (χ0) is 16.6. The van der Waals surface area contributed by atoms with Gasteiger partial charge in [-0.2, -0.15) is 0 Å². The molecule has 0 aliphatic carbocycles. The summed E-state index contributed by atoms with van der Waals surface area (Å²) in [7, 11) is 1.41. The summed E-state index contributed by atoms with van der Waals surface area (Å²) in [4.78, 5) is 15.5. The summed E-state index contributed by atoms with van der Waals surface area (Å²) < 4.78 is 5.08. The molecule has 7 nitrogen and oxygen atoms in total. The number of fused-ring (bicyclic) bond motifs is 1. The average Bonchev–Trinajstić information content (AvgIpc) is 3.00. The first-order chi connectivity index (χ1) is 11.0. The lowest BCUT2D eigenvalue weighted by Gasteiger charge is -2.43. The van der Waals surface area contributed by atoms with Crippen molar-refractivity contribution in [2.45, 2.75) is 38.4 Å². The number of methoxy groups -OCH3 is 1. The number of benzene rings is 1. The molecule has 2 atom stereocenters. The summed E-state index contributed by atoms with van der Waals surface area (Å²) in [6, 6.07) is 4.14. The molecule has 0 unspecified atom stereocenters. The van der Waals surface area contributed by atoms with Gasteiger partial charge >= 0.3 is 5.69 Å². The molecule has 2 saturated heterocycles.